The fraction of sp³-hybridized carbons (Fsp3) is 0.133. The molecule has 4 aromatic heterocycles. The summed E-state index contributed by atoms with van der Waals surface area (Å²) >= 11 is 0. The number of aromatic amines is 2. The normalized spacial score (nSPS) is 11.5. The zero-order valence-corrected chi connectivity index (χ0v) is 21.7. The van der Waals surface area contributed by atoms with Gasteiger partial charge in [0.15, 0.2) is 0 Å². The lowest BCUT2D eigenvalue weighted by Gasteiger charge is -2.11. The van der Waals surface area contributed by atoms with Crippen molar-refractivity contribution in [3.05, 3.63) is 84.6 Å². The second-order valence-electron chi connectivity index (χ2n) is 9.90. The molecule has 194 valence electrons. The summed E-state index contributed by atoms with van der Waals surface area (Å²) in [5.74, 6) is -0.395. The van der Waals surface area contributed by atoms with Gasteiger partial charge in [-0.25, -0.2) is 4.39 Å². The number of amides is 1. The molecule has 0 atom stereocenters. The van der Waals surface area contributed by atoms with Crippen LogP contribution in [0.25, 0.3) is 55.6 Å². The average molecular weight is 520 g/mol. The van der Waals surface area contributed by atoms with Gasteiger partial charge in [-0.3, -0.25) is 19.9 Å². The van der Waals surface area contributed by atoms with E-state index in [2.05, 4.69) is 36.5 Å². The Hall–Kier alpha value is -4.89. The Kier molecular flexibility index (Phi) is 6.12. The number of carbonyl (C=O) groups excluding carboxylic acids is 1. The quantitative estimate of drug-likeness (QED) is 0.259. The van der Waals surface area contributed by atoms with Crippen LogP contribution in [0.15, 0.2) is 73.2 Å². The lowest BCUT2D eigenvalue weighted by molar-refractivity contribution is -0.116. The number of pyridine rings is 2. The highest BCUT2D eigenvalue weighted by molar-refractivity contribution is 6.01. The first kappa shape index (κ1) is 24.4. The van der Waals surface area contributed by atoms with Crippen LogP contribution in [0.5, 0.6) is 0 Å². The molecule has 1 amide bonds. The average Bonchev–Trinajstić information content (AvgIpc) is 3.51. The number of halogens is 1. The van der Waals surface area contributed by atoms with Crippen LogP contribution in [0, 0.1) is 12.7 Å². The number of hydrogen-bond acceptors (Lipinski definition) is 5. The molecule has 4 heterocycles. The van der Waals surface area contributed by atoms with Crippen molar-refractivity contribution in [3.8, 4) is 33.8 Å². The van der Waals surface area contributed by atoms with Crippen molar-refractivity contribution < 1.29 is 9.18 Å². The third-order valence-corrected chi connectivity index (χ3v) is 6.50. The number of aromatic nitrogens is 5. The van der Waals surface area contributed by atoms with Crippen LogP contribution in [0.3, 0.4) is 0 Å². The predicted molar refractivity (Wildman–Crippen MR) is 152 cm³/mol. The Morgan fingerprint density at radius 3 is 2.59 bits per heavy atom. The van der Waals surface area contributed by atoms with Crippen LogP contribution in [0.1, 0.15) is 5.56 Å². The Balaban J connectivity index is 1.39. The molecule has 0 spiro atoms. The molecule has 9 heteroatoms. The summed E-state index contributed by atoms with van der Waals surface area (Å²) in [5, 5.41) is 12.4. The van der Waals surface area contributed by atoms with Gasteiger partial charge in [-0.2, -0.15) is 5.10 Å². The molecule has 0 aliphatic carbocycles. The topological polar surface area (TPSA) is 103 Å². The van der Waals surface area contributed by atoms with E-state index in [1.807, 2.05) is 62.3 Å². The van der Waals surface area contributed by atoms with Crippen molar-refractivity contribution in [2.24, 2.45) is 0 Å². The van der Waals surface area contributed by atoms with Crippen LogP contribution in [-0.4, -0.2) is 56.6 Å². The summed E-state index contributed by atoms with van der Waals surface area (Å²) in [7, 11) is 3.69. The first-order chi connectivity index (χ1) is 18.8. The van der Waals surface area contributed by atoms with Crippen molar-refractivity contribution in [3.63, 3.8) is 0 Å². The van der Waals surface area contributed by atoms with E-state index in [9.17, 15) is 9.18 Å². The Morgan fingerprint density at radius 1 is 0.923 bits per heavy atom. The third-order valence-electron chi connectivity index (χ3n) is 6.50. The number of benzene rings is 2. The standard InChI is InChI=1S/C30H26FN7O/c1-17-8-19(10-21(31)9-17)29-24-13-27(35-25(24)6-7-33-29)30-23-12-18(4-5-26(23)36-37-30)20-11-22(15-32-14-20)34-28(39)16-38(2)3/h4-15,35H,16H2,1-3H3,(H,34,39)(H,36,37). The minimum absolute atomic E-state index is 0.104. The molecule has 0 saturated carbocycles. The third kappa shape index (κ3) is 4.87. The number of anilines is 1. The summed E-state index contributed by atoms with van der Waals surface area (Å²) in [5.41, 5.74) is 8.05. The summed E-state index contributed by atoms with van der Waals surface area (Å²) in [4.78, 5) is 26.4. The molecule has 2 aromatic carbocycles. The lowest BCUT2D eigenvalue weighted by atomic mass is 10.0. The summed E-state index contributed by atoms with van der Waals surface area (Å²) in [6.45, 7) is 2.15. The number of hydrogen-bond donors (Lipinski definition) is 3. The number of carbonyl (C=O) groups is 1. The fourth-order valence-corrected chi connectivity index (χ4v) is 4.84. The van der Waals surface area contributed by atoms with E-state index in [1.54, 1.807) is 18.6 Å². The minimum Gasteiger partial charge on any atom is -0.353 e. The summed E-state index contributed by atoms with van der Waals surface area (Å²) < 4.78 is 14.2. The van der Waals surface area contributed by atoms with Gasteiger partial charge < -0.3 is 15.2 Å². The van der Waals surface area contributed by atoms with Crippen LogP contribution in [0.4, 0.5) is 10.1 Å². The van der Waals surface area contributed by atoms with Gasteiger partial charge in [-0.1, -0.05) is 6.07 Å². The summed E-state index contributed by atoms with van der Waals surface area (Å²) in [6.07, 6.45) is 5.12. The zero-order chi connectivity index (χ0) is 27.1. The lowest BCUT2D eigenvalue weighted by Crippen LogP contribution is -2.27. The molecular formula is C30H26FN7O. The Bertz CT molecular complexity index is 1830. The maximum atomic E-state index is 14.2. The Morgan fingerprint density at radius 2 is 1.77 bits per heavy atom. The molecule has 0 aliphatic heterocycles. The van der Waals surface area contributed by atoms with E-state index in [0.29, 0.717) is 11.4 Å². The van der Waals surface area contributed by atoms with Crippen molar-refractivity contribution in [2.75, 3.05) is 26.0 Å². The maximum Gasteiger partial charge on any atom is 0.238 e. The zero-order valence-electron chi connectivity index (χ0n) is 21.7. The molecule has 0 radical (unpaired) electrons. The number of nitrogens with one attached hydrogen (secondary N) is 3. The second-order valence-corrected chi connectivity index (χ2v) is 9.90. The molecule has 0 bridgehead atoms. The van der Waals surface area contributed by atoms with E-state index in [1.165, 1.54) is 12.1 Å². The van der Waals surface area contributed by atoms with Crippen molar-refractivity contribution in [1.29, 1.82) is 0 Å². The first-order valence-corrected chi connectivity index (χ1v) is 12.5. The van der Waals surface area contributed by atoms with Crippen LogP contribution < -0.4 is 5.32 Å². The van der Waals surface area contributed by atoms with Crippen LogP contribution in [-0.2, 0) is 4.79 Å². The predicted octanol–water partition coefficient (Wildman–Crippen LogP) is 5.78. The highest BCUT2D eigenvalue weighted by atomic mass is 19.1. The van der Waals surface area contributed by atoms with E-state index in [0.717, 1.165) is 55.4 Å². The van der Waals surface area contributed by atoms with Gasteiger partial charge in [-0.15, -0.1) is 0 Å². The SMILES string of the molecule is Cc1cc(F)cc(-c2nccc3[nH]c(-c4n[nH]c5ccc(-c6cncc(NC(=O)CN(C)C)c6)cc45)cc23)c1. The van der Waals surface area contributed by atoms with Gasteiger partial charge in [0.2, 0.25) is 5.91 Å². The molecule has 0 saturated heterocycles. The smallest absolute Gasteiger partial charge is 0.238 e. The molecule has 0 aliphatic rings. The molecule has 0 unspecified atom stereocenters. The number of nitrogens with zero attached hydrogens (tertiary/aromatic N) is 4. The van der Waals surface area contributed by atoms with E-state index < -0.39 is 0 Å². The molecule has 6 rings (SSSR count). The van der Waals surface area contributed by atoms with Crippen LogP contribution in [0.2, 0.25) is 0 Å². The van der Waals surface area contributed by atoms with E-state index >= 15 is 0 Å². The maximum absolute atomic E-state index is 14.2. The minimum atomic E-state index is -0.291. The molecule has 6 aromatic rings. The largest absolute Gasteiger partial charge is 0.353 e. The Labute approximate surface area is 223 Å². The number of aryl methyl sites for hydroxylation is 1. The van der Waals surface area contributed by atoms with Crippen LogP contribution >= 0.6 is 0 Å². The van der Waals surface area contributed by atoms with Crippen molar-refractivity contribution in [2.45, 2.75) is 6.92 Å². The highest BCUT2D eigenvalue weighted by Gasteiger charge is 2.16. The van der Waals surface area contributed by atoms with Gasteiger partial charge >= 0.3 is 0 Å². The van der Waals surface area contributed by atoms with Gasteiger partial charge in [0.05, 0.1) is 35.3 Å². The van der Waals surface area contributed by atoms with Gasteiger partial charge in [0.25, 0.3) is 0 Å². The van der Waals surface area contributed by atoms with Gasteiger partial charge in [0.1, 0.15) is 11.5 Å². The fourth-order valence-electron chi connectivity index (χ4n) is 4.84. The highest BCUT2D eigenvalue weighted by Crippen LogP contribution is 2.35. The number of likely N-dealkylation sites (N-methyl/N-ethyl adjacent to an activating group) is 1. The monoisotopic (exact) mass is 519 g/mol. The van der Waals surface area contributed by atoms with E-state index in [4.69, 9.17) is 0 Å². The summed E-state index contributed by atoms with van der Waals surface area (Å²) in [6, 6.07) is 16.8. The molecule has 0 fully saturated rings. The molecule has 8 nitrogen and oxygen atoms in total. The number of rotatable bonds is 6. The number of H-pyrrole nitrogens is 2. The van der Waals surface area contributed by atoms with Gasteiger partial charge in [0, 0.05) is 39.8 Å². The second kappa shape index (κ2) is 9.77. The molecular weight excluding hydrogens is 493 g/mol. The van der Waals surface area contributed by atoms with Crippen molar-refractivity contribution in [1.82, 2.24) is 30.0 Å². The first-order valence-electron chi connectivity index (χ1n) is 12.5. The van der Waals surface area contributed by atoms with Crippen molar-refractivity contribution >= 4 is 33.4 Å². The number of fused-ring (bicyclic) bond motifs is 2. The van der Waals surface area contributed by atoms with E-state index in [-0.39, 0.29) is 18.3 Å². The molecule has 39 heavy (non-hydrogen) atoms. The van der Waals surface area contributed by atoms with Gasteiger partial charge in [-0.05, 0) is 80.7 Å². The molecule has 3 N–H and O–H groups in total.